The Morgan fingerprint density at radius 1 is 0.921 bits per heavy atom. The summed E-state index contributed by atoms with van der Waals surface area (Å²) in [6.07, 6.45) is 5.59. The topological polar surface area (TPSA) is 116 Å². The lowest BCUT2D eigenvalue weighted by atomic mass is 9.97. The summed E-state index contributed by atoms with van der Waals surface area (Å²) in [7, 11) is 0. The number of aliphatic carboxylic acids is 1. The number of nitrogens with zero attached hydrogens (tertiary/aromatic N) is 1. The van der Waals surface area contributed by atoms with Gasteiger partial charge in [0.15, 0.2) is 11.5 Å². The fourth-order valence-electron chi connectivity index (χ4n) is 5.69. The van der Waals surface area contributed by atoms with Crippen molar-refractivity contribution in [1.29, 1.82) is 0 Å². The molecule has 0 aliphatic carbocycles. The van der Waals surface area contributed by atoms with Gasteiger partial charge in [0.25, 0.3) is 0 Å². The molecule has 0 saturated carbocycles. The van der Waals surface area contributed by atoms with Crippen molar-refractivity contribution < 1.29 is 24.9 Å². The molecule has 2 heterocycles. The second kappa shape index (κ2) is 12.9. The fraction of sp³-hybridized carbons (Fsp3) is 0.387. The zero-order valence-electron chi connectivity index (χ0n) is 21.8. The lowest BCUT2D eigenvalue weighted by molar-refractivity contribution is -0.138. The molecule has 2 aliphatic rings. The molecule has 0 spiro atoms. The smallest absolute Gasteiger partial charge is 0.320 e. The Bertz CT molecular complexity index is 1120. The van der Waals surface area contributed by atoms with Crippen LogP contribution in [-0.2, 0) is 16.0 Å². The van der Waals surface area contributed by atoms with Crippen LogP contribution in [0.2, 0.25) is 0 Å². The number of benzene rings is 3. The molecule has 7 nitrogen and oxygen atoms in total. The summed E-state index contributed by atoms with van der Waals surface area (Å²) in [4.78, 5) is 13.1. The van der Waals surface area contributed by atoms with Crippen LogP contribution >= 0.6 is 0 Å². The van der Waals surface area contributed by atoms with Crippen molar-refractivity contribution in [2.24, 2.45) is 5.73 Å². The van der Waals surface area contributed by atoms with E-state index < -0.39 is 12.0 Å². The van der Waals surface area contributed by atoms with Crippen molar-refractivity contribution in [3.63, 3.8) is 0 Å². The molecule has 2 bridgehead atoms. The SMILES string of the molecule is CCN1[C@@H]2CC[C@H]1CC(OC(c1ccccc1)c1ccccc1)C2.N[C@@H](Cc1ccc(O)c(O)c1)C(=O)O. The van der Waals surface area contributed by atoms with Gasteiger partial charge in [0.05, 0.1) is 6.10 Å². The number of piperidine rings is 1. The van der Waals surface area contributed by atoms with Crippen LogP contribution in [0.4, 0.5) is 0 Å². The first kappa shape index (κ1) is 27.6. The molecule has 5 N–H and O–H groups in total. The maximum atomic E-state index is 10.4. The number of fused-ring (bicyclic) bond motifs is 2. The molecule has 5 rings (SSSR count). The number of hydrogen-bond acceptors (Lipinski definition) is 6. The van der Waals surface area contributed by atoms with E-state index in [1.165, 1.54) is 61.6 Å². The van der Waals surface area contributed by atoms with Gasteiger partial charge in [0.2, 0.25) is 0 Å². The van der Waals surface area contributed by atoms with Crippen LogP contribution in [0.3, 0.4) is 0 Å². The summed E-state index contributed by atoms with van der Waals surface area (Å²) in [6, 6.07) is 25.9. The Morgan fingerprint density at radius 2 is 1.47 bits per heavy atom. The summed E-state index contributed by atoms with van der Waals surface area (Å²) in [5, 5.41) is 26.6. The van der Waals surface area contributed by atoms with Gasteiger partial charge < -0.3 is 25.8 Å². The number of carboxylic acid groups (broad SMARTS) is 1. The van der Waals surface area contributed by atoms with Crippen LogP contribution in [0.25, 0.3) is 0 Å². The molecular formula is C31H38N2O5. The molecule has 3 aromatic carbocycles. The first-order valence-electron chi connectivity index (χ1n) is 13.4. The molecule has 2 saturated heterocycles. The molecule has 7 heteroatoms. The third-order valence-electron chi connectivity index (χ3n) is 7.55. The molecule has 0 radical (unpaired) electrons. The van der Waals surface area contributed by atoms with Crippen LogP contribution in [0.1, 0.15) is 55.4 Å². The predicted octanol–water partition coefficient (Wildman–Crippen LogP) is 4.86. The number of rotatable bonds is 8. The second-order valence-electron chi connectivity index (χ2n) is 10.1. The van der Waals surface area contributed by atoms with Crippen molar-refractivity contribution in [2.45, 2.75) is 69.4 Å². The number of phenolic OH excluding ortho intramolecular Hbond substituents is 2. The molecule has 1 unspecified atom stereocenters. The van der Waals surface area contributed by atoms with Crippen LogP contribution in [-0.4, -0.2) is 57.0 Å². The van der Waals surface area contributed by atoms with Gasteiger partial charge in [-0.15, -0.1) is 0 Å². The van der Waals surface area contributed by atoms with Gasteiger partial charge in [-0.25, -0.2) is 0 Å². The number of nitrogens with two attached hydrogens (primary N) is 1. The Morgan fingerprint density at radius 3 is 1.95 bits per heavy atom. The van der Waals surface area contributed by atoms with Gasteiger partial charge >= 0.3 is 5.97 Å². The van der Waals surface area contributed by atoms with E-state index in [0.717, 1.165) is 12.1 Å². The molecule has 2 aliphatic heterocycles. The van der Waals surface area contributed by atoms with E-state index in [2.05, 4.69) is 72.5 Å². The van der Waals surface area contributed by atoms with E-state index in [1.807, 2.05) is 0 Å². The van der Waals surface area contributed by atoms with Crippen molar-refractivity contribution in [3.8, 4) is 11.5 Å². The Labute approximate surface area is 224 Å². The van der Waals surface area contributed by atoms with Gasteiger partial charge in [-0.2, -0.15) is 0 Å². The molecule has 4 atom stereocenters. The average molecular weight is 519 g/mol. The fourth-order valence-corrected chi connectivity index (χ4v) is 5.69. The van der Waals surface area contributed by atoms with E-state index in [0.29, 0.717) is 11.7 Å². The quantitative estimate of drug-likeness (QED) is 0.315. The van der Waals surface area contributed by atoms with Crippen LogP contribution in [0.5, 0.6) is 11.5 Å². The van der Waals surface area contributed by atoms with E-state index in [9.17, 15) is 4.79 Å². The van der Waals surface area contributed by atoms with Gasteiger partial charge in [-0.05, 0) is 67.5 Å². The van der Waals surface area contributed by atoms with Gasteiger partial charge in [0.1, 0.15) is 12.1 Å². The van der Waals surface area contributed by atoms with E-state index in [1.54, 1.807) is 0 Å². The molecule has 202 valence electrons. The van der Waals surface area contributed by atoms with Crippen LogP contribution in [0, 0.1) is 0 Å². The summed E-state index contributed by atoms with van der Waals surface area (Å²) < 4.78 is 6.71. The summed E-state index contributed by atoms with van der Waals surface area (Å²) in [5.74, 6) is -1.62. The molecular weight excluding hydrogens is 480 g/mol. The van der Waals surface area contributed by atoms with Gasteiger partial charge in [0, 0.05) is 12.1 Å². The standard InChI is InChI=1S/C22H27NO.C9H11NO4/c1-2-23-19-13-14-20(23)16-21(15-19)24-22(17-9-5-3-6-10-17)18-11-7-4-8-12-18;10-6(9(13)14)3-5-1-2-7(11)8(12)4-5/h3-12,19-22H,2,13-16H2,1H3;1-2,4,6,11-12H,3,10H2,(H,13,14)/t19-,20+,21?;6-/m.0/s1. The summed E-state index contributed by atoms with van der Waals surface area (Å²) in [6.45, 7) is 3.48. The lowest BCUT2D eigenvalue weighted by Crippen LogP contribution is -2.45. The Hall–Kier alpha value is -3.39. The van der Waals surface area contributed by atoms with Gasteiger partial charge in [-0.1, -0.05) is 73.7 Å². The third kappa shape index (κ3) is 6.92. The number of aromatic hydroxyl groups is 2. The Kier molecular flexibility index (Phi) is 9.39. The monoisotopic (exact) mass is 518 g/mol. The van der Waals surface area contributed by atoms with Crippen molar-refractivity contribution in [3.05, 3.63) is 95.6 Å². The first-order chi connectivity index (χ1) is 18.4. The minimum absolute atomic E-state index is 0.0463. The van der Waals surface area contributed by atoms with Crippen LogP contribution < -0.4 is 5.73 Å². The van der Waals surface area contributed by atoms with E-state index >= 15 is 0 Å². The molecule has 3 aromatic rings. The van der Waals surface area contributed by atoms with Crippen molar-refractivity contribution in [2.75, 3.05) is 6.54 Å². The average Bonchev–Trinajstić information content (AvgIpc) is 3.18. The maximum Gasteiger partial charge on any atom is 0.320 e. The number of carboxylic acids is 1. The molecule has 0 aromatic heterocycles. The predicted molar refractivity (Wildman–Crippen MR) is 147 cm³/mol. The number of carbonyl (C=O) groups is 1. The third-order valence-corrected chi connectivity index (χ3v) is 7.55. The zero-order chi connectivity index (χ0) is 27.1. The van der Waals surface area contributed by atoms with Gasteiger partial charge in [-0.3, -0.25) is 9.69 Å². The highest BCUT2D eigenvalue weighted by molar-refractivity contribution is 5.73. The number of ether oxygens (including phenoxy) is 1. The highest BCUT2D eigenvalue weighted by Gasteiger charge is 2.41. The number of phenols is 2. The summed E-state index contributed by atoms with van der Waals surface area (Å²) >= 11 is 0. The minimum Gasteiger partial charge on any atom is -0.504 e. The van der Waals surface area contributed by atoms with Crippen molar-refractivity contribution in [1.82, 2.24) is 4.90 Å². The normalized spacial score (nSPS) is 21.5. The highest BCUT2D eigenvalue weighted by Crippen LogP contribution is 2.39. The van der Waals surface area contributed by atoms with Crippen molar-refractivity contribution >= 4 is 5.97 Å². The number of hydrogen-bond donors (Lipinski definition) is 4. The minimum atomic E-state index is -1.10. The lowest BCUT2D eigenvalue weighted by Gasteiger charge is -2.39. The van der Waals surface area contributed by atoms with Crippen LogP contribution in [0.15, 0.2) is 78.9 Å². The van der Waals surface area contributed by atoms with E-state index in [-0.39, 0.29) is 24.0 Å². The molecule has 38 heavy (non-hydrogen) atoms. The zero-order valence-corrected chi connectivity index (χ0v) is 21.8. The largest absolute Gasteiger partial charge is 0.504 e. The highest BCUT2D eigenvalue weighted by atomic mass is 16.5. The van der Waals surface area contributed by atoms with E-state index in [4.69, 9.17) is 25.8 Å². The summed E-state index contributed by atoms with van der Waals surface area (Å²) in [5.41, 5.74) is 8.37. The molecule has 2 fully saturated rings. The Balaban J connectivity index is 0.000000206. The maximum absolute atomic E-state index is 10.4. The second-order valence-corrected chi connectivity index (χ2v) is 10.1. The first-order valence-corrected chi connectivity index (χ1v) is 13.4. The molecule has 0 amide bonds.